The molecule has 3 N–H and O–H groups in total. The molecule has 0 amide bonds. The standard InChI is InChI=1S/C18H21NO.ClH/c19-17-11-14(12-18(17)20)10-13-6-8-16(9-7-13)15-4-2-1-3-5-15;/h1-9,14,17-18,20H,10-12,19H2;1H/t14-,17+,18-;/m1./s1. The molecule has 21 heavy (non-hydrogen) atoms. The monoisotopic (exact) mass is 303 g/mol. The highest BCUT2D eigenvalue weighted by Gasteiger charge is 2.29. The van der Waals surface area contributed by atoms with Crippen LogP contribution in [0.4, 0.5) is 0 Å². The van der Waals surface area contributed by atoms with Crippen LogP contribution in [0.5, 0.6) is 0 Å². The van der Waals surface area contributed by atoms with Crippen molar-refractivity contribution in [1.29, 1.82) is 0 Å². The molecule has 1 aliphatic rings. The molecule has 2 aromatic carbocycles. The first-order chi connectivity index (χ1) is 9.72. The fourth-order valence-corrected chi connectivity index (χ4v) is 3.12. The highest BCUT2D eigenvalue weighted by molar-refractivity contribution is 5.85. The average Bonchev–Trinajstić information content (AvgIpc) is 2.79. The predicted molar refractivity (Wildman–Crippen MR) is 89.5 cm³/mol. The first-order valence-corrected chi connectivity index (χ1v) is 7.30. The quantitative estimate of drug-likeness (QED) is 0.912. The molecule has 0 spiro atoms. The molecule has 0 aliphatic heterocycles. The molecule has 3 rings (SSSR count). The highest BCUT2D eigenvalue weighted by atomic mass is 35.5. The largest absolute Gasteiger partial charge is 0.392 e. The number of benzene rings is 2. The second-order valence-corrected chi connectivity index (χ2v) is 5.84. The van der Waals surface area contributed by atoms with Crippen LogP contribution < -0.4 is 5.73 Å². The van der Waals surface area contributed by atoms with E-state index in [1.807, 2.05) is 6.07 Å². The number of halogens is 1. The SMILES string of the molecule is Cl.N[C@H]1C[C@@H](Cc2ccc(-c3ccccc3)cc2)C[C@H]1O. The van der Waals surface area contributed by atoms with Crippen molar-refractivity contribution in [3.05, 3.63) is 60.2 Å². The third-order valence-corrected chi connectivity index (χ3v) is 4.26. The molecule has 0 unspecified atom stereocenters. The molecule has 0 bridgehead atoms. The molecule has 112 valence electrons. The zero-order valence-corrected chi connectivity index (χ0v) is 12.8. The Morgan fingerprint density at radius 3 is 2.10 bits per heavy atom. The lowest BCUT2D eigenvalue weighted by atomic mass is 9.96. The Morgan fingerprint density at radius 2 is 1.52 bits per heavy atom. The van der Waals surface area contributed by atoms with Gasteiger partial charge in [0, 0.05) is 6.04 Å². The minimum Gasteiger partial charge on any atom is -0.392 e. The van der Waals surface area contributed by atoms with Gasteiger partial charge in [0.25, 0.3) is 0 Å². The molecular formula is C18H22ClNO. The summed E-state index contributed by atoms with van der Waals surface area (Å²) in [6, 6.07) is 19.1. The van der Waals surface area contributed by atoms with Crippen LogP contribution in [0.3, 0.4) is 0 Å². The van der Waals surface area contributed by atoms with E-state index in [0.717, 1.165) is 19.3 Å². The summed E-state index contributed by atoms with van der Waals surface area (Å²) in [6.07, 6.45) is 2.46. The fraction of sp³-hybridized carbons (Fsp3) is 0.333. The number of rotatable bonds is 3. The molecular weight excluding hydrogens is 282 g/mol. The Labute approximate surface area is 132 Å². The highest BCUT2D eigenvalue weighted by Crippen LogP contribution is 2.28. The molecule has 0 radical (unpaired) electrons. The minimum atomic E-state index is -0.316. The molecule has 2 aromatic rings. The molecule has 1 saturated carbocycles. The van der Waals surface area contributed by atoms with E-state index in [0.29, 0.717) is 5.92 Å². The van der Waals surface area contributed by atoms with Gasteiger partial charge in [0.15, 0.2) is 0 Å². The van der Waals surface area contributed by atoms with Gasteiger partial charge in [0.1, 0.15) is 0 Å². The smallest absolute Gasteiger partial charge is 0.0693 e. The van der Waals surface area contributed by atoms with Crippen molar-refractivity contribution in [1.82, 2.24) is 0 Å². The summed E-state index contributed by atoms with van der Waals surface area (Å²) < 4.78 is 0. The molecule has 3 atom stereocenters. The third kappa shape index (κ3) is 3.85. The van der Waals surface area contributed by atoms with Gasteiger partial charge in [-0.1, -0.05) is 54.6 Å². The Kier molecular flexibility index (Phi) is 5.40. The molecule has 0 heterocycles. The van der Waals surface area contributed by atoms with Crippen molar-refractivity contribution in [2.75, 3.05) is 0 Å². The Balaban J connectivity index is 0.00000161. The second-order valence-electron chi connectivity index (χ2n) is 5.84. The fourth-order valence-electron chi connectivity index (χ4n) is 3.12. The number of hydrogen-bond donors (Lipinski definition) is 2. The summed E-state index contributed by atoms with van der Waals surface area (Å²) in [5.74, 6) is 0.516. The molecule has 0 saturated heterocycles. The van der Waals surface area contributed by atoms with Gasteiger partial charge in [-0.15, -0.1) is 12.4 Å². The van der Waals surface area contributed by atoms with Crippen LogP contribution in [0.15, 0.2) is 54.6 Å². The van der Waals surface area contributed by atoms with Gasteiger partial charge < -0.3 is 10.8 Å². The van der Waals surface area contributed by atoms with Gasteiger partial charge in [-0.25, -0.2) is 0 Å². The zero-order valence-electron chi connectivity index (χ0n) is 12.0. The summed E-state index contributed by atoms with van der Waals surface area (Å²) in [5, 5.41) is 9.71. The van der Waals surface area contributed by atoms with E-state index < -0.39 is 0 Å². The van der Waals surface area contributed by atoms with Crippen molar-refractivity contribution in [3.63, 3.8) is 0 Å². The van der Waals surface area contributed by atoms with Crippen molar-refractivity contribution < 1.29 is 5.11 Å². The van der Waals surface area contributed by atoms with E-state index in [1.165, 1.54) is 16.7 Å². The predicted octanol–water partition coefficient (Wildman–Crippen LogP) is 3.42. The number of aliphatic hydroxyl groups is 1. The lowest BCUT2D eigenvalue weighted by molar-refractivity contribution is 0.161. The van der Waals surface area contributed by atoms with Crippen molar-refractivity contribution in [2.45, 2.75) is 31.4 Å². The van der Waals surface area contributed by atoms with E-state index in [-0.39, 0.29) is 24.6 Å². The lowest BCUT2D eigenvalue weighted by Crippen LogP contribution is -2.28. The molecule has 1 aliphatic carbocycles. The van der Waals surface area contributed by atoms with Crippen LogP contribution >= 0.6 is 12.4 Å². The van der Waals surface area contributed by atoms with Gasteiger partial charge in [-0.05, 0) is 41.9 Å². The van der Waals surface area contributed by atoms with E-state index >= 15 is 0 Å². The topological polar surface area (TPSA) is 46.2 Å². The van der Waals surface area contributed by atoms with Gasteiger partial charge in [-0.2, -0.15) is 0 Å². The van der Waals surface area contributed by atoms with Gasteiger partial charge in [-0.3, -0.25) is 0 Å². The van der Waals surface area contributed by atoms with Crippen LogP contribution in [0.25, 0.3) is 11.1 Å². The minimum absolute atomic E-state index is 0. The summed E-state index contributed by atoms with van der Waals surface area (Å²) in [4.78, 5) is 0. The van der Waals surface area contributed by atoms with Crippen molar-refractivity contribution in [2.24, 2.45) is 11.7 Å². The van der Waals surface area contributed by atoms with Crippen LogP contribution in [0, 0.1) is 5.92 Å². The maximum atomic E-state index is 9.71. The normalized spacial score (nSPS) is 24.6. The number of nitrogens with two attached hydrogens (primary N) is 1. The van der Waals surface area contributed by atoms with Gasteiger partial charge >= 0.3 is 0 Å². The van der Waals surface area contributed by atoms with Gasteiger partial charge in [0.2, 0.25) is 0 Å². The number of hydrogen-bond acceptors (Lipinski definition) is 2. The molecule has 0 aromatic heterocycles. The average molecular weight is 304 g/mol. The van der Waals surface area contributed by atoms with Crippen LogP contribution in [-0.4, -0.2) is 17.3 Å². The van der Waals surface area contributed by atoms with Crippen LogP contribution in [0.1, 0.15) is 18.4 Å². The van der Waals surface area contributed by atoms with E-state index in [2.05, 4.69) is 48.5 Å². The summed E-state index contributed by atoms with van der Waals surface area (Å²) in [5.41, 5.74) is 9.70. The Morgan fingerprint density at radius 1 is 0.905 bits per heavy atom. The molecule has 2 nitrogen and oxygen atoms in total. The van der Waals surface area contributed by atoms with Crippen LogP contribution in [0.2, 0.25) is 0 Å². The maximum Gasteiger partial charge on any atom is 0.0693 e. The first-order valence-electron chi connectivity index (χ1n) is 7.30. The second kappa shape index (κ2) is 7.08. The van der Waals surface area contributed by atoms with Gasteiger partial charge in [0.05, 0.1) is 6.10 Å². The van der Waals surface area contributed by atoms with E-state index in [4.69, 9.17) is 5.73 Å². The van der Waals surface area contributed by atoms with Crippen molar-refractivity contribution >= 4 is 12.4 Å². The Hall–Kier alpha value is -1.35. The van der Waals surface area contributed by atoms with Crippen LogP contribution in [-0.2, 0) is 6.42 Å². The zero-order chi connectivity index (χ0) is 13.9. The Bertz CT molecular complexity index is 545. The first kappa shape index (κ1) is 16.0. The summed E-state index contributed by atoms with van der Waals surface area (Å²) in [6.45, 7) is 0. The van der Waals surface area contributed by atoms with Crippen molar-refractivity contribution in [3.8, 4) is 11.1 Å². The number of aliphatic hydroxyl groups excluding tert-OH is 1. The lowest BCUT2D eigenvalue weighted by Gasteiger charge is -2.10. The van der Waals surface area contributed by atoms with E-state index in [9.17, 15) is 5.11 Å². The molecule has 3 heteroatoms. The summed E-state index contributed by atoms with van der Waals surface area (Å²) >= 11 is 0. The maximum absolute atomic E-state index is 9.71. The third-order valence-electron chi connectivity index (χ3n) is 4.26. The summed E-state index contributed by atoms with van der Waals surface area (Å²) in [7, 11) is 0. The van der Waals surface area contributed by atoms with E-state index in [1.54, 1.807) is 0 Å². The molecule has 1 fully saturated rings.